The second kappa shape index (κ2) is 18.0. The van der Waals surface area contributed by atoms with E-state index >= 15 is 0 Å². The Bertz CT molecular complexity index is 236. The van der Waals surface area contributed by atoms with E-state index < -0.39 is 0 Å². The van der Waals surface area contributed by atoms with Gasteiger partial charge in [0.05, 0.1) is 0 Å². The molecule has 0 aromatic heterocycles. The fourth-order valence-corrected chi connectivity index (χ4v) is 3.29. The van der Waals surface area contributed by atoms with Crippen LogP contribution in [0.1, 0.15) is 104 Å². The van der Waals surface area contributed by atoms with Gasteiger partial charge in [0.25, 0.3) is 0 Å². The summed E-state index contributed by atoms with van der Waals surface area (Å²) in [5.41, 5.74) is 0. The van der Waals surface area contributed by atoms with Crippen molar-refractivity contribution in [1.29, 1.82) is 0 Å². The molecule has 0 bridgehead atoms. The zero-order chi connectivity index (χ0) is 16.5. The lowest BCUT2D eigenvalue weighted by molar-refractivity contribution is 0.596. The molecular weight excluding hydrogens is 400 g/mol. The minimum absolute atomic E-state index is 0.697. The zero-order valence-corrected chi connectivity index (χ0v) is 18.1. The van der Waals surface area contributed by atoms with Crippen molar-refractivity contribution < 1.29 is 0 Å². The Morgan fingerprint density at radius 3 is 1.64 bits per heavy atom. The normalized spacial score (nSPS) is 14.5. The third-order valence-electron chi connectivity index (χ3n) is 4.22. The maximum Gasteiger partial charge on any atom is 0.0143 e. The molecule has 22 heavy (non-hydrogen) atoms. The van der Waals surface area contributed by atoms with Crippen molar-refractivity contribution in [2.75, 3.05) is 0 Å². The molecule has 0 rings (SSSR count). The Labute approximate surface area is 157 Å². The van der Waals surface area contributed by atoms with E-state index in [2.05, 4.69) is 57.9 Å². The third kappa shape index (κ3) is 18.7. The van der Waals surface area contributed by atoms with Crippen LogP contribution in [0, 0.1) is 0 Å². The van der Waals surface area contributed by atoms with E-state index in [1.807, 2.05) is 0 Å². The van der Waals surface area contributed by atoms with Gasteiger partial charge < -0.3 is 0 Å². The topological polar surface area (TPSA) is 0 Å². The first-order valence-electron chi connectivity index (χ1n) is 9.60. The molecule has 0 aromatic rings. The molecule has 0 nitrogen and oxygen atoms in total. The van der Waals surface area contributed by atoms with Crippen molar-refractivity contribution in [1.82, 2.24) is 0 Å². The van der Waals surface area contributed by atoms with Gasteiger partial charge in [-0.3, -0.25) is 0 Å². The quantitative estimate of drug-likeness (QED) is 0.129. The van der Waals surface area contributed by atoms with Crippen LogP contribution in [0.2, 0.25) is 0 Å². The number of hydrogen-bond donors (Lipinski definition) is 0. The van der Waals surface area contributed by atoms with Gasteiger partial charge in [-0.1, -0.05) is 103 Å². The first-order chi connectivity index (χ1) is 10.7. The lowest BCUT2D eigenvalue weighted by Gasteiger charge is -2.05. The van der Waals surface area contributed by atoms with Gasteiger partial charge in [0.1, 0.15) is 0 Å². The molecule has 2 heteroatoms. The van der Waals surface area contributed by atoms with E-state index in [4.69, 9.17) is 0 Å². The summed E-state index contributed by atoms with van der Waals surface area (Å²) in [5.74, 6) is 0. The molecule has 0 saturated carbocycles. The van der Waals surface area contributed by atoms with Crippen LogP contribution in [0.5, 0.6) is 0 Å². The van der Waals surface area contributed by atoms with Gasteiger partial charge in [0, 0.05) is 9.65 Å². The molecule has 0 aliphatic heterocycles. The highest BCUT2D eigenvalue weighted by atomic mass is 79.9. The van der Waals surface area contributed by atoms with E-state index in [0.29, 0.717) is 4.83 Å². The van der Waals surface area contributed by atoms with Crippen molar-refractivity contribution in [2.24, 2.45) is 0 Å². The summed E-state index contributed by atoms with van der Waals surface area (Å²) in [7, 11) is 0. The molecule has 0 fully saturated rings. The fraction of sp³-hybridized carbons (Fsp3) is 0.900. The number of rotatable bonds is 16. The van der Waals surface area contributed by atoms with Crippen molar-refractivity contribution in [3.8, 4) is 0 Å². The van der Waals surface area contributed by atoms with Gasteiger partial charge in [-0.15, -0.1) is 0 Å². The largest absolute Gasteiger partial charge is 0.0894 e. The van der Waals surface area contributed by atoms with Crippen LogP contribution in [-0.4, -0.2) is 9.65 Å². The Kier molecular flexibility index (Phi) is 18.6. The van der Waals surface area contributed by atoms with Crippen LogP contribution in [-0.2, 0) is 0 Å². The number of allylic oxidation sites excluding steroid dienone is 2. The van der Waals surface area contributed by atoms with Crippen LogP contribution >= 0.6 is 31.9 Å². The second-order valence-electron chi connectivity index (χ2n) is 6.59. The monoisotopic (exact) mass is 436 g/mol. The predicted octanol–water partition coefficient (Wildman–Crippen LogP) is 8.57. The Balaban J connectivity index is 3.12. The minimum atomic E-state index is 0.697. The van der Waals surface area contributed by atoms with E-state index in [1.54, 1.807) is 0 Å². The molecule has 0 aliphatic carbocycles. The molecule has 0 aliphatic rings. The summed E-state index contributed by atoms with van der Waals surface area (Å²) < 4.78 is 0. The fourth-order valence-electron chi connectivity index (χ4n) is 2.64. The van der Waals surface area contributed by atoms with E-state index in [-0.39, 0.29) is 0 Å². The Hall–Kier alpha value is 0.700. The van der Waals surface area contributed by atoms with Gasteiger partial charge in [0.15, 0.2) is 0 Å². The predicted molar refractivity (Wildman–Crippen MR) is 111 cm³/mol. The molecule has 0 amide bonds. The van der Waals surface area contributed by atoms with Crippen molar-refractivity contribution in [2.45, 2.75) is 113 Å². The maximum absolute atomic E-state index is 3.71. The van der Waals surface area contributed by atoms with Gasteiger partial charge in [-0.2, -0.15) is 0 Å². The second-order valence-corrected chi connectivity index (χ2v) is 9.45. The van der Waals surface area contributed by atoms with Gasteiger partial charge in [0.2, 0.25) is 0 Å². The summed E-state index contributed by atoms with van der Waals surface area (Å²) in [6.45, 7) is 4.50. The lowest BCUT2D eigenvalue weighted by atomic mass is 10.1. The standard InChI is InChI=1S/C20H38Br2/c1-3-20(22)18-16-14-12-10-8-6-4-5-7-9-11-13-15-17-19(2)21/h4,6,19-20H,3,5,7-18H2,1-2H3. The average Bonchev–Trinajstić information content (AvgIpc) is 2.50. The molecule has 0 heterocycles. The SMILES string of the molecule is CCC(Br)CCCCCCC=CCCCCCCCC(C)Br. The highest BCUT2D eigenvalue weighted by molar-refractivity contribution is 9.09. The summed E-state index contributed by atoms with van der Waals surface area (Å²) in [6, 6.07) is 0. The molecular formula is C20H38Br2. The maximum atomic E-state index is 3.71. The van der Waals surface area contributed by atoms with Crippen LogP contribution in [0.15, 0.2) is 12.2 Å². The Morgan fingerprint density at radius 2 is 1.14 bits per heavy atom. The van der Waals surface area contributed by atoms with Gasteiger partial charge in [-0.05, 0) is 44.9 Å². The first-order valence-corrected chi connectivity index (χ1v) is 11.4. The molecule has 0 N–H and O–H groups in total. The van der Waals surface area contributed by atoms with Crippen molar-refractivity contribution in [3.63, 3.8) is 0 Å². The molecule has 2 unspecified atom stereocenters. The summed E-state index contributed by atoms with van der Waals surface area (Å²) >= 11 is 7.32. The van der Waals surface area contributed by atoms with E-state index in [1.165, 1.54) is 89.9 Å². The minimum Gasteiger partial charge on any atom is -0.0894 e. The Morgan fingerprint density at radius 1 is 0.682 bits per heavy atom. The average molecular weight is 438 g/mol. The van der Waals surface area contributed by atoms with Crippen molar-refractivity contribution >= 4 is 31.9 Å². The van der Waals surface area contributed by atoms with Gasteiger partial charge >= 0.3 is 0 Å². The molecule has 0 saturated heterocycles. The highest BCUT2D eigenvalue weighted by Gasteiger charge is 1.99. The summed E-state index contributed by atoms with van der Waals surface area (Å²) in [5, 5.41) is 0. The molecule has 2 atom stereocenters. The summed E-state index contributed by atoms with van der Waals surface area (Å²) in [6.07, 6.45) is 23.9. The van der Waals surface area contributed by atoms with Crippen LogP contribution in [0.25, 0.3) is 0 Å². The van der Waals surface area contributed by atoms with E-state index in [0.717, 1.165) is 4.83 Å². The third-order valence-corrected chi connectivity index (χ3v) is 5.78. The molecule has 0 radical (unpaired) electrons. The van der Waals surface area contributed by atoms with Crippen LogP contribution < -0.4 is 0 Å². The number of hydrogen-bond acceptors (Lipinski definition) is 0. The van der Waals surface area contributed by atoms with Gasteiger partial charge in [-0.25, -0.2) is 0 Å². The lowest BCUT2D eigenvalue weighted by Crippen LogP contribution is -1.94. The molecule has 0 spiro atoms. The van der Waals surface area contributed by atoms with E-state index in [9.17, 15) is 0 Å². The molecule has 0 aromatic carbocycles. The number of alkyl halides is 2. The number of unbranched alkanes of at least 4 members (excludes halogenated alkanes) is 9. The van der Waals surface area contributed by atoms with Crippen LogP contribution in [0.4, 0.5) is 0 Å². The van der Waals surface area contributed by atoms with Crippen molar-refractivity contribution in [3.05, 3.63) is 12.2 Å². The zero-order valence-electron chi connectivity index (χ0n) is 15.0. The first kappa shape index (κ1) is 22.7. The smallest absolute Gasteiger partial charge is 0.0143 e. The molecule has 132 valence electrons. The number of halogens is 2. The highest BCUT2D eigenvalue weighted by Crippen LogP contribution is 2.15. The summed E-state index contributed by atoms with van der Waals surface area (Å²) in [4.78, 5) is 1.44. The van der Waals surface area contributed by atoms with Crippen LogP contribution in [0.3, 0.4) is 0 Å².